The molecule has 0 heterocycles. The molecule has 1 nitrogen and oxygen atoms in total. The topological polar surface area (TPSA) is 20.2 Å². The fraction of sp³-hybridized carbons (Fsp3) is 0.538. The van der Waals surface area contributed by atoms with E-state index in [-0.39, 0.29) is 11.4 Å². The largest absolute Gasteiger partial charge is 0.395 e. The Labute approximate surface area is 96.9 Å². The summed E-state index contributed by atoms with van der Waals surface area (Å²) in [6.45, 7) is 10.8. The molecule has 1 aromatic carbocycles. The van der Waals surface area contributed by atoms with Gasteiger partial charge in [0.15, 0.2) is 0 Å². The van der Waals surface area contributed by atoms with Crippen LogP contribution in [-0.2, 0) is 0 Å². The van der Waals surface area contributed by atoms with Gasteiger partial charge in [-0.15, -0.1) is 11.8 Å². The summed E-state index contributed by atoms with van der Waals surface area (Å²) in [6, 6.07) is 4.30. The zero-order valence-corrected chi connectivity index (χ0v) is 11.0. The maximum Gasteiger partial charge on any atom is 0.0576 e. The number of benzene rings is 1. The molecule has 0 aromatic heterocycles. The number of aryl methyl sites for hydroxylation is 1. The van der Waals surface area contributed by atoms with E-state index in [2.05, 4.69) is 46.8 Å². The number of aliphatic hydroxyl groups is 1. The molecule has 0 radical (unpaired) electrons. The fourth-order valence-corrected chi connectivity index (χ4v) is 2.47. The van der Waals surface area contributed by atoms with E-state index in [1.807, 2.05) is 0 Å². The molecule has 0 unspecified atom stereocenters. The molecule has 0 fully saturated rings. The fourth-order valence-electron chi connectivity index (χ4n) is 1.37. The molecule has 0 saturated carbocycles. The highest BCUT2D eigenvalue weighted by Gasteiger charge is 2.19. The quantitative estimate of drug-likeness (QED) is 0.793. The smallest absolute Gasteiger partial charge is 0.0576 e. The van der Waals surface area contributed by atoms with Gasteiger partial charge in [0.25, 0.3) is 0 Å². The summed E-state index contributed by atoms with van der Waals surface area (Å²) in [4.78, 5) is 1.28. The van der Waals surface area contributed by atoms with Crippen LogP contribution in [0.2, 0.25) is 0 Å². The summed E-state index contributed by atoms with van der Waals surface area (Å²) in [7, 11) is 0. The van der Waals surface area contributed by atoms with Crippen LogP contribution in [0, 0.1) is 20.8 Å². The minimum atomic E-state index is -0.105. The first-order valence-corrected chi connectivity index (χ1v) is 6.06. The van der Waals surface area contributed by atoms with Crippen molar-refractivity contribution in [3.63, 3.8) is 0 Å². The minimum absolute atomic E-state index is 0.105. The minimum Gasteiger partial charge on any atom is -0.395 e. The Morgan fingerprint density at radius 3 is 2.27 bits per heavy atom. The predicted octanol–water partition coefficient (Wildman–Crippen LogP) is 3.47. The normalized spacial score (nSPS) is 11.9. The number of thioether (sulfide) groups is 1. The lowest BCUT2D eigenvalue weighted by Crippen LogP contribution is -2.19. The van der Waals surface area contributed by atoms with Crippen molar-refractivity contribution >= 4 is 11.8 Å². The van der Waals surface area contributed by atoms with Gasteiger partial charge in [0.2, 0.25) is 0 Å². The maximum atomic E-state index is 9.25. The molecule has 0 aliphatic heterocycles. The van der Waals surface area contributed by atoms with Crippen molar-refractivity contribution < 1.29 is 5.11 Å². The molecule has 84 valence electrons. The van der Waals surface area contributed by atoms with Crippen molar-refractivity contribution in [3.8, 4) is 0 Å². The highest BCUT2D eigenvalue weighted by atomic mass is 32.2. The number of hydrogen-bond donors (Lipinski definition) is 1. The van der Waals surface area contributed by atoms with E-state index < -0.39 is 0 Å². The van der Waals surface area contributed by atoms with E-state index in [1.54, 1.807) is 11.8 Å². The zero-order valence-electron chi connectivity index (χ0n) is 10.2. The Bertz CT molecular complexity index is 356. The summed E-state index contributed by atoms with van der Waals surface area (Å²) >= 11 is 1.75. The number of rotatable bonds is 3. The number of hydrogen-bond acceptors (Lipinski definition) is 2. The van der Waals surface area contributed by atoms with E-state index in [1.165, 1.54) is 21.6 Å². The van der Waals surface area contributed by atoms with Gasteiger partial charge in [0.1, 0.15) is 0 Å². The first-order chi connectivity index (χ1) is 6.87. The van der Waals surface area contributed by atoms with Gasteiger partial charge in [-0.3, -0.25) is 0 Å². The van der Waals surface area contributed by atoms with Crippen LogP contribution in [0.15, 0.2) is 17.0 Å². The van der Waals surface area contributed by atoms with Crippen LogP contribution >= 0.6 is 11.8 Å². The van der Waals surface area contributed by atoms with Crippen LogP contribution in [-0.4, -0.2) is 16.5 Å². The SMILES string of the molecule is Cc1ccc(SC(C)(C)CO)c(C)c1C. The van der Waals surface area contributed by atoms with Gasteiger partial charge < -0.3 is 5.11 Å². The Kier molecular flexibility index (Phi) is 3.85. The van der Waals surface area contributed by atoms with Gasteiger partial charge in [-0.1, -0.05) is 6.07 Å². The van der Waals surface area contributed by atoms with E-state index in [9.17, 15) is 5.11 Å². The van der Waals surface area contributed by atoms with Crippen LogP contribution in [0.3, 0.4) is 0 Å². The molecule has 0 spiro atoms. The van der Waals surface area contributed by atoms with Crippen molar-refractivity contribution in [1.29, 1.82) is 0 Å². The molecule has 1 N–H and O–H groups in total. The standard InChI is InChI=1S/C13H20OS/c1-9-6-7-12(11(3)10(9)2)15-13(4,5)8-14/h6-7,14H,8H2,1-5H3. The lowest BCUT2D eigenvalue weighted by Gasteiger charge is -2.23. The third-order valence-corrected chi connectivity index (χ3v) is 4.12. The second-order valence-corrected chi connectivity index (χ2v) is 6.40. The van der Waals surface area contributed by atoms with E-state index in [0.29, 0.717) is 0 Å². The Hall–Kier alpha value is -0.470. The summed E-state index contributed by atoms with van der Waals surface area (Å²) < 4.78 is -0.105. The molecule has 2 heteroatoms. The Morgan fingerprint density at radius 2 is 1.73 bits per heavy atom. The van der Waals surface area contributed by atoms with Crippen LogP contribution < -0.4 is 0 Å². The van der Waals surface area contributed by atoms with Crippen LogP contribution in [0.1, 0.15) is 30.5 Å². The maximum absolute atomic E-state index is 9.25. The second kappa shape index (κ2) is 4.58. The monoisotopic (exact) mass is 224 g/mol. The first-order valence-electron chi connectivity index (χ1n) is 5.24. The third-order valence-electron chi connectivity index (χ3n) is 2.78. The van der Waals surface area contributed by atoms with Crippen LogP contribution in [0.4, 0.5) is 0 Å². The van der Waals surface area contributed by atoms with Gasteiger partial charge in [0, 0.05) is 9.64 Å². The average molecular weight is 224 g/mol. The second-order valence-electron chi connectivity index (χ2n) is 4.65. The van der Waals surface area contributed by atoms with Crippen molar-refractivity contribution in [2.45, 2.75) is 44.3 Å². The Morgan fingerprint density at radius 1 is 1.13 bits per heavy atom. The molecule has 1 aromatic rings. The molecule has 0 aliphatic rings. The molecule has 0 atom stereocenters. The van der Waals surface area contributed by atoms with E-state index in [0.717, 1.165) is 0 Å². The first kappa shape index (κ1) is 12.6. The lowest BCUT2D eigenvalue weighted by molar-refractivity contribution is 0.265. The molecule has 0 amide bonds. The summed E-state index contributed by atoms with van der Waals surface area (Å²) in [5.74, 6) is 0. The van der Waals surface area contributed by atoms with Crippen molar-refractivity contribution in [2.24, 2.45) is 0 Å². The third kappa shape index (κ3) is 2.99. The molecular formula is C13H20OS. The lowest BCUT2D eigenvalue weighted by atomic mass is 10.1. The zero-order chi connectivity index (χ0) is 11.6. The van der Waals surface area contributed by atoms with Gasteiger partial charge in [-0.05, 0) is 57.4 Å². The molecular weight excluding hydrogens is 204 g/mol. The summed E-state index contributed by atoms with van der Waals surface area (Å²) in [5.41, 5.74) is 4.02. The highest BCUT2D eigenvalue weighted by Crippen LogP contribution is 2.35. The van der Waals surface area contributed by atoms with Crippen molar-refractivity contribution in [3.05, 3.63) is 28.8 Å². The molecule has 1 rings (SSSR count). The van der Waals surface area contributed by atoms with Gasteiger partial charge in [-0.25, -0.2) is 0 Å². The predicted molar refractivity (Wildman–Crippen MR) is 67.7 cm³/mol. The van der Waals surface area contributed by atoms with E-state index in [4.69, 9.17) is 0 Å². The van der Waals surface area contributed by atoms with Gasteiger partial charge in [-0.2, -0.15) is 0 Å². The van der Waals surface area contributed by atoms with Crippen LogP contribution in [0.25, 0.3) is 0 Å². The average Bonchev–Trinajstić information content (AvgIpc) is 2.19. The molecule has 15 heavy (non-hydrogen) atoms. The van der Waals surface area contributed by atoms with Crippen LogP contribution in [0.5, 0.6) is 0 Å². The van der Waals surface area contributed by atoms with Gasteiger partial charge >= 0.3 is 0 Å². The van der Waals surface area contributed by atoms with Crippen molar-refractivity contribution in [2.75, 3.05) is 6.61 Å². The summed E-state index contributed by atoms with van der Waals surface area (Å²) in [6.07, 6.45) is 0. The molecule has 0 saturated heterocycles. The number of aliphatic hydroxyl groups excluding tert-OH is 1. The summed E-state index contributed by atoms with van der Waals surface area (Å²) in [5, 5.41) is 9.25. The molecule has 0 bridgehead atoms. The molecule has 0 aliphatic carbocycles. The van der Waals surface area contributed by atoms with Gasteiger partial charge in [0.05, 0.1) is 6.61 Å². The highest BCUT2D eigenvalue weighted by molar-refractivity contribution is 8.00. The Balaban J connectivity index is 3.02. The van der Waals surface area contributed by atoms with E-state index >= 15 is 0 Å². The van der Waals surface area contributed by atoms with Crippen molar-refractivity contribution in [1.82, 2.24) is 0 Å².